The van der Waals surface area contributed by atoms with Gasteiger partial charge in [0, 0.05) is 36.2 Å². The highest BCUT2D eigenvalue weighted by molar-refractivity contribution is 5.53. The fraction of sp³-hybridized carbons (Fsp3) is 0.455. The lowest BCUT2D eigenvalue weighted by Gasteiger charge is -2.14. The van der Waals surface area contributed by atoms with Gasteiger partial charge in [0.15, 0.2) is 0 Å². The lowest BCUT2D eigenvalue weighted by atomic mass is 10.1. The minimum atomic E-state index is 1.02. The zero-order chi connectivity index (χ0) is 18.5. The lowest BCUT2D eigenvalue weighted by molar-refractivity contribution is -0.700. The van der Waals surface area contributed by atoms with Crippen molar-refractivity contribution >= 4 is 0 Å². The molecule has 0 saturated heterocycles. The first kappa shape index (κ1) is 18.4. The van der Waals surface area contributed by atoms with Crippen molar-refractivity contribution < 1.29 is 9.13 Å². The minimum absolute atomic E-state index is 1.02. The number of aromatic nitrogens is 4. The summed E-state index contributed by atoms with van der Waals surface area (Å²) in [6.45, 7) is 10.8. The van der Waals surface area contributed by atoms with Crippen LogP contribution in [-0.4, -0.2) is 9.13 Å². The van der Waals surface area contributed by atoms with Crippen LogP contribution in [0.25, 0.3) is 11.4 Å². The van der Waals surface area contributed by atoms with Crippen LogP contribution >= 0.6 is 0 Å². The monoisotopic (exact) mass is 350 g/mol. The van der Waals surface area contributed by atoms with Gasteiger partial charge in [0.05, 0.1) is 13.1 Å². The summed E-state index contributed by atoms with van der Waals surface area (Å²) in [4.78, 5) is 0. The Morgan fingerprint density at radius 1 is 0.769 bits per heavy atom. The van der Waals surface area contributed by atoms with Crippen LogP contribution in [0.1, 0.15) is 50.7 Å². The van der Waals surface area contributed by atoms with Crippen LogP contribution in [0.2, 0.25) is 0 Å². The molecule has 0 atom stereocenters. The van der Waals surface area contributed by atoms with Gasteiger partial charge in [-0.25, -0.2) is 0 Å². The number of benzene rings is 1. The van der Waals surface area contributed by atoms with Crippen LogP contribution in [0, 0.1) is 26.5 Å². The topological polar surface area (TPSA) is 17.6 Å². The first-order valence-electron chi connectivity index (χ1n) is 9.74. The largest absolute Gasteiger partial charge is 0.326 e. The molecule has 0 fully saturated rings. The standard InChI is InChI=1S/C22H30N4/c1-5-7-9-23-11-13-25(17-23)21-16-22(20(4)15-19(21)3)26-14-12-24(18-26)10-8-6-2/h11-16H,5-10H2,1-4H3. The van der Waals surface area contributed by atoms with Gasteiger partial charge in [-0.2, -0.15) is 0 Å². The van der Waals surface area contributed by atoms with Gasteiger partial charge in [-0.3, -0.25) is 0 Å². The van der Waals surface area contributed by atoms with E-state index in [-0.39, 0.29) is 0 Å². The molecule has 138 valence electrons. The van der Waals surface area contributed by atoms with Crippen molar-refractivity contribution in [3.63, 3.8) is 0 Å². The van der Waals surface area contributed by atoms with E-state index in [0.717, 1.165) is 13.1 Å². The first-order valence-corrected chi connectivity index (χ1v) is 9.74. The Hall–Kier alpha value is -2.36. The predicted molar refractivity (Wildman–Crippen MR) is 102 cm³/mol. The van der Waals surface area contributed by atoms with Crippen molar-refractivity contribution in [2.45, 2.75) is 66.5 Å². The molecule has 1 aromatic carbocycles. The zero-order valence-electron chi connectivity index (χ0n) is 16.5. The van der Waals surface area contributed by atoms with E-state index in [2.05, 4.69) is 95.5 Å². The fourth-order valence-corrected chi connectivity index (χ4v) is 3.23. The molecule has 4 heteroatoms. The number of hydrogen-bond acceptors (Lipinski definition) is 0. The van der Waals surface area contributed by atoms with E-state index in [4.69, 9.17) is 0 Å². The maximum atomic E-state index is 3.45. The summed E-state index contributed by atoms with van der Waals surface area (Å²) in [6.07, 6.45) is 20.0. The van der Waals surface area contributed by atoms with Crippen LogP contribution in [-0.2, 0) is 13.1 Å². The number of aryl methyl sites for hydroxylation is 4. The van der Waals surface area contributed by atoms with E-state index in [0.29, 0.717) is 0 Å². The van der Waals surface area contributed by atoms with Gasteiger partial charge in [-0.05, 0) is 37.8 Å². The molecule has 4 nitrogen and oxygen atoms in total. The van der Waals surface area contributed by atoms with Gasteiger partial charge < -0.3 is 18.3 Å². The van der Waals surface area contributed by atoms with E-state index in [9.17, 15) is 0 Å². The summed E-state index contributed by atoms with van der Waals surface area (Å²) in [5.41, 5.74) is 4.85. The summed E-state index contributed by atoms with van der Waals surface area (Å²) in [5.74, 6) is 0. The molecule has 0 bridgehead atoms. The van der Waals surface area contributed by atoms with Crippen molar-refractivity contribution in [1.82, 2.24) is 9.13 Å². The average Bonchev–Trinajstić information content (AvgIpc) is 3.28. The highest BCUT2D eigenvalue weighted by atomic mass is 15.1. The Morgan fingerprint density at radius 3 is 1.65 bits per heavy atom. The van der Waals surface area contributed by atoms with E-state index in [1.165, 1.54) is 48.2 Å². The Labute approximate surface area is 157 Å². The molecular formula is C22H30N4. The van der Waals surface area contributed by atoms with Crippen LogP contribution in [0.15, 0.2) is 36.9 Å². The quantitative estimate of drug-likeness (QED) is 0.436. The summed E-state index contributed by atoms with van der Waals surface area (Å²) in [5, 5.41) is 0. The third-order valence-corrected chi connectivity index (χ3v) is 4.80. The smallest absolute Gasteiger partial charge is 0.243 e. The number of rotatable bonds is 8. The molecule has 3 aromatic rings. The Bertz CT molecular complexity index is 789. The predicted octanol–water partition coefficient (Wildman–Crippen LogP) is 3.66. The number of unbranched alkanes of at least 4 members (excludes halogenated alkanes) is 2. The summed E-state index contributed by atoms with van der Waals surface area (Å²) >= 11 is 0. The lowest BCUT2D eigenvalue weighted by Crippen LogP contribution is -2.31. The van der Waals surface area contributed by atoms with E-state index < -0.39 is 0 Å². The van der Waals surface area contributed by atoms with Crippen LogP contribution in [0.4, 0.5) is 0 Å². The molecule has 0 saturated carbocycles. The third kappa shape index (κ3) is 4.06. The third-order valence-electron chi connectivity index (χ3n) is 4.80. The molecule has 26 heavy (non-hydrogen) atoms. The molecule has 0 spiro atoms. The molecule has 0 amide bonds. The van der Waals surface area contributed by atoms with Crippen molar-refractivity contribution in [2.24, 2.45) is 0 Å². The maximum Gasteiger partial charge on any atom is 0.243 e. The Morgan fingerprint density at radius 2 is 1.23 bits per heavy atom. The summed E-state index contributed by atoms with van der Waals surface area (Å²) in [7, 11) is 0. The second-order valence-corrected chi connectivity index (χ2v) is 7.06. The Kier molecular flexibility index (Phi) is 5.92. The van der Waals surface area contributed by atoms with Gasteiger partial charge in [-0.1, -0.05) is 38.8 Å². The zero-order valence-corrected chi connectivity index (χ0v) is 16.5. The van der Waals surface area contributed by atoms with E-state index >= 15 is 0 Å². The van der Waals surface area contributed by atoms with Gasteiger partial charge in [0.2, 0.25) is 12.7 Å². The fourth-order valence-electron chi connectivity index (χ4n) is 3.23. The van der Waals surface area contributed by atoms with Crippen molar-refractivity contribution in [2.75, 3.05) is 0 Å². The SMILES string of the molecule is CCCC[n+]1[c-]n(-c2cc(-n3[c-][n+](CCCC)cc3)c(C)cc2C)cc1. The van der Waals surface area contributed by atoms with Crippen molar-refractivity contribution in [3.8, 4) is 11.4 Å². The Balaban J connectivity index is 1.92. The first-order chi connectivity index (χ1) is 12.6. The summed E-state index contributed by atoms with van der Waals surface area (Å²) < 4.78 is 8.48. The van der Waals surface area contributed by atoms with Gasteiger partial charge in [-0.15, -0.1) is 0 Å². The number of hydrogen-bond donors (Lipinski definition) is 0. The van der Waals surface area contributed by atoms with Gasteiger partial charge >= 0.3 is 0 Å². The molecule has 0 N–H and O–H groups in total. The van der Waals surface area contributed by atoms with Crippen LogP contribution in [0.3, 0.4) is 0 Å². The molecular weight excluding hydrogens is 320 g/mol. The van der Waals surface area contributed by atoms with E-state index in [1.807, 2.05) is 0 Å². The van der Waals surface area contributed by atoms with Crippen LogP contribution < -0.4 is 9.13 Å². The maximum absolute atomic E-state index is 3.45. The molecule has 2 heterocycles. The number of nitrogens with zero attached hydrogens (tertiary/aromatic N) is 4. The normalized spacial score (nSPS) is 11.2. The van der Waals surface area contributed by atoms with Gasteiger partial charge in [0.25, 0.3) is 0 Å². The molecule has 0 unspecified atom stereocenters. The molecule has 2 aromatic heterocycles. The highest BCUT2D eigenvalue weighted by Crippen LogP contribution is 2.22. The van der Waals surface area contributed by atoms with Crippen molar-refractivity contribution in [3.05, 3.63) is 60.7 Å². The molecule has 0 aliphatic carbocycles. The molecule has 0 aliphatic heterocycles. The van der Waals surface area contributed by atoms with E-state index in [1.54, 1.807) is 0 Å². The average molecular weight is 351 g/mol. The summed E-state index contributed by atoms with van der Waals surface area (Å²) in [6, 6.07) is 4.49. The second-order valence-electron chi connectivity index (χ2n) is 7.06. The van der Waals surface area contributed by atoms with Crippen molar-refractivity contribution in [1.29, 1.82) is 0 Å². The molecule has 0 aliphatic rings. The minimum Gasteiger partial charge on any atom is -0.326 e. The highest BCUT2D eigenvalue weighted by Gasteiger charge is 2.09. The second kappa shape index (κ2) is 8.35. The molecule has 0 radical (unpaired) electrons. The molecule has 3 rings (SSSR count). The van der Waals surface area contributed by atoms with Crippen LogP contribution in [0.5, 0.6) is 0 Å². The number of imidazole rings is 2. The van der Waals surface area contributed by atoms with Gasteiger partial charge in [0.1, 0.15) is 0 Å².